The lowest BCUT2D eigenvalue weighted by Gasteiger charge is -2.45. The van der Waals surface area contributed by atoms with E-state index >= 15 is 0 Å². The minimum atomic E-state index is -1.76. The van der Waals surface area contributed by atoms with Gasteiger partial charge in [0.1, 0.15) is 48.8 Å². The van der Waals surface area contributed by atoms with Crippen LogP contribution in [0.1, 0.15) is 57.8 Å². The van der Waals surface area contributed by atoms with Crippen molar-refractivity contribution in [2.75, 3.05) is 38.7 Å². The second kappa shape index (κ2) is 20.4. The van der Waals surface area contributed by atoms with E-state index in [1.807, 2.05) is 11.8 Å². The van der Waals surface area contributed by atoms with Gasteiger partial charge in [-0.05, 0) is 32.1 Å². The Labute approximate surface area is 294 Å². The average molecular weight is 739 g/mol. The molecule has 0 radical (unpaired) electrons. The molecule has 4 fully saturated rings. The van der Waals surface area contributed by atoms with Crippen molar-refractivity contribution >= 4 is 29.6 Å². The van der Waals surface area contributed by atoms with Crippen LogP contribution in [0.4, 0.5) is 4.79 Å². The molecule has 0 aliphatic carbocycles. The average Bonchev–Trinajstić information content (AvgIpc) is 3.66. The van der Waals surface area contributed by atoms with Crippen LogP contribution in [-0.4, -0.2) is 171 Å². The molecule has 0 spiro atoms. The quantitative estimate of drug-likeness (QED) is 0.0428. The monoisotopic (exact) mass is 738 g/mol. The first-order valence-corrected chi connectivity index (χ1v) is 18.5. The Hall–Kier alpha value is -1.88. The van der Waals surface area contributed by atoms with Gasteiger partial charge >= 0.3 is 6.03 Å². The molecule has 288 valence electrons. The molecule has 4 rings (SSSR count). The van der Waals surface area contributed by atoms with Gasteiger partial charge in [0.2, 0.25) is 11.8 Å². The lowest BCUT2D eigenvalue weighted by molar-refractivity contribution is -0.359. The molecule has 4 saturated heterocycles. The van der Waals surface area contributed by atoms with Crippen molar-refractivity contribution in [1.82, 2.24) is 21.3 Å². The molecular weight excluding hydrogens is 684 g/mol. The van der Waals surface area contributed by atoms with E-state index < -0.39 is 74.6 Å². The molecule has 0 aromatic heterocycles. The van der Waals surface area contributed by atoms with Gasteiger partial charge in [0.05, 0.1) is 31.9 Å². The topological polar surface area (TPSA) is 278 Å². The highest BCUT2D eigenvalue weighted by Crippen LogP contribution is 2.33. The van der Waals surface area contributed by atoms with Crippen molar-refractivity contribution in [2.45, 2.75) is 137 Å². The van der Waals surface area contributed by atoms with E-state index in [1.165, 1.54) is 0 Å². The molecule has 0 saturated carbocycles. The van der Waals surface area contributed by atoms with Crippen LogP contribution < -0.4 is 21.3 Å². The highest BCUT2D eigenvalue weighted by Gasteiger charge is 2.50. The first kappa shape index (κ1) is 40.9. The summed E-state index contributed by atoms with van der Waals surface area (Å²) in [4.78, 5) is 35.8. The molecule has 10 unspecified atom stereocenters. The van der Waals surface area contributed by atoms with E-state index in [4.69, 9.17) is 18.9 Å². The molecule has 50 heavy (non-hydrogen) atoms. The van der Waals surface area contributed by atoms with Crippen LogP contribution in [0.15, 0.2) is 0 Å². The Morgan fingerprint density at radius 2 is 1.40 bits per heavy atom. The Kier molecular flexibility index (Phi) is 16.7. The van der Waals surface area contributed by atoms with Crippen molar-refractivity contribution in [3.63, 3.8) is 0 Å². The number of aliphatic hydroxyl groups excluding tert-OH is 7. The summed E-state index contributed by atoms with van der Waals surface area (Å²) in [5, 5.41) is 82.6. The molecule has 0 aromatic carbocycles. The number of rotatable bonds is 20. The van der Waals surface area contributed by atoms with Gasteiger partial charge in [-0.15, -0.1) is 0 Å². The lowest BCUT2D eigenvalue weighted by atomic mass is 9.97. The number of thioether (sulfide) groups is 1. The third-order valence-electron chi connectivity index (χ3n) is 9.37. The van der Waals surface area contributed by atoms with Crippen LogP contribution >= 0.6 is 11.8 Å². The highest BCUT2D eigenvalue weighted by atomic mass is 32.2. The summed E-state index contributed by atoms with van der Waals surface area (Å²) < 4.78 is 21.9. The summed E-state index contributed by atoms with van der Waals surface area (Å²) >= 11 is 1.87. The predicted molar refractivity (Wildman–Crippen MR) is 175 cm³/mol. The molecule has 0 aromatic rings. The largest absolute Gasteiger partial charge is 0.394 e. The number of ether oxygens (including phenoxy) is 4. The number of carbonyl (C=O) groups excluding carboxylic acids is 3. The molecule has 19 heteroatoms. The predicted octanol–water partition coefficient (Wildman–Crippen LogP) is -3.46. The number of amides is 4. The summed E-state index contributed by atoms with van der Waals surface area (Å²) in [5.74, 6) is 0.813. The van der Waals surface area contributed by atoms with Crippen molar-refractivity contribution in [2.24, 2.45) is 0 Å². The Morgan fingerprint density at radius 1 is 0.760 bits per heavy atom. The Morgan fingerprint density at radius 3 is 2.10 bits per heavy atom. The summed E-state index contributed by atoms with van der Waals surface area (Å²) in [6, 6.07) is 0.303. The number of aliphatic hydroxyl groups is 7. The number of carbonyl (C=O) groups is 3. The van der Waals surface area contributed by atoms with Crippen molar-refractivity contribution in [3.05, 3.63) is 0 Å². The SMILES string of the molecule is O=C(CCCC[C@@H]1SC[C@@H]2NC(=O)N[C@@H]21)NCCCCCC(=O)NCCCOC1OC(CO)C(OC2OC(CO)C(O)C(O)C2O)C(O)C1O. The third-order valence-corrected chi connectivity index (χ3v) is 10.9. The van der Waals surface area contributed by atoms with E-state index in [9.17, 15) is 50.1 Å². The maximum atomic E-state index is 12.2. The van der Waals surface area contributed by atoms with Gasteiger partial charge in [0.15, 0.2) is 12.6 Å². The fourth-order valence-electron chi connectivity index (χ4n) is 6.46. The zero-order valence-corrected chi connectivity index (χ0v) is 28.8. The van der Waals surface area contributed by atoms with Gasteiger partial charge < -0.3 is 76.0 Å². The fourth-order valence-corrected chi connectivity index (χ4v) is 8.00. The number of hydrogen-bond donors (Lipinski definition) is 11. The maximum absolute atomic E-state index is 12.2. The molecule has 4 heterocycles. The van der Waals surface area contributed by atoms with E-state index in [0.29, 0.717) is 44.0 Å². The van der Waals surface area contributed by atoms with Crippen LogP contribution in [0.2, 0.25) is 0 Å². The van der Waals surface area contributed by atoms with Crippen LogP contribution in [-0.2, 0) is 28.5 Å². The van der Waals surface area contributed by atoms with Crippen molar-refractivity contribution in [3.8, 4) is 0 Å². The van der Waals surface area contributed by atoms with Gasteiger partial charge in [0, 0.05) is 36.9 Å². The van der Waals surface area contributed by atoms with Crippen LogP contribution in [0.5, 0.6) is 0 Å². The van der Waals surface area contributed by atoms with Crippen LogP contribution in [0.3, 0.4) is 0 Å². The van der Waals surface area contributed by atoms with E-state index in [0.717, 1.165) is 37.9 Å². The normalized spacial score (nSPS) is 36.8. The summed E-state index contributed by atoms with van der Waals surface area (Å²) in [5.41, 5.74) is 0. The second-order valence-corrected chi connectivity index (χ2v) is 14.4. The maximum Gasteiger partial charge on any atom is 0.315 e. The lowest BCUT2D eigenvalue weighted by Crippen LogP contribution is -2.64. The number of hydrogen-bond acceptors (Lipinski definition) is 15. The van der Waals surface area contributed by atoms with Gasteiger partial charge in [-0.2, -0.15) is 11.8 Å². The smallest absolute Gasteiger partial charge is 0.315 e. The Bertz CT molecular complexity index is 1080. The molecule has 11 N–H and O–H groups in total. The van der Waals surface area contributed by atoms with Crippen LogP contribution in [0.25, 0.3) is 0 Å². The number of nitrogens with one attached hydrogen (secondary N) is 4. The van der Waals surface area contributed by atoms with Gasteiger partial charge in [0.25, 0.3) is 0 Å². The second-order valence-electron chi connectivity index (χ2n) is 13.1. The van der Waals surface area contributed by atoms with Crippen molar-refractivity contribution < 1.29 is 69.1 Å². The fraction of sp³-hybridized carbons (Fsp3) is 0.903. The molecule has 13 atom stereocenters. The summed E-state index contributed by atoms with van der Waals surface area (Å²) in [6.07, 6.45) is -9.17. The molecule has 4 amide bonds. The van der Waals surface area contributed by atoms with E-state index in [-0.39, 0.29) is 36.5 Å². The zero-order chi connectivity index (χ0) is 36.2. The summed E-state index contributed by atoms with van der Waals surface area (Å²) in [6.45, 7) is -0.473. The molecule has 0 bridgehead atoms. The van der Waals surface area contributed by atoms with Gasteiger partial charge in [-0.3, -0.25) is 9.59 Å². The third kappa shape index (κ3) is 11.3. The molecule has 4 aliphatic heterocycles. The molecule has 18 nitrogen and oxygen atoms in total. The number of unbranched alkanes of at least 4 members (excludes halogenated alkanes) is 3. The van der Waals surface area contributed by atoms with E-state index in [2.05, 4.69) is 21.3 Å². The molecule has 4 aliphatic rings. The highest BCUT2D eigenvalue weighted by molar-refractivity contribution is 8.00. The standard InChI is InChI=1S/C31H54N4O14S/c36-13-17-23(40)24(41)26(43)30(47-17)49-28-18(14-37)48-29(27(44)25(28)42)46-12-6-11-33-20(38)8-2-1-5-10-32-21(39)9-4-3-7-19-22-16(15-50-19)34-31(45)35-22/h16-19,22-30,36-37,40-44H,1-15H2,(H,32,39)(H,33,38)(H2,34,35,45)/t16-,17?,18?,19-,22-,23?,24?,25?,26?,27?,28?,29?,30?/m0/s1. The first-order chi connectivity index (χ1) is 24.0. The van der Waals surface area contributed by atoms with Crippen LogP contribution in [0, 0.1) is 0 Å². The Balaban J connectivity index is 0.998. The zero-order valence-electron chi connectivity index (χ0n) is 28.0. The minimum absolute atomic E-state index is 0.0199. The summed E-state index contributed by atoms with van der Waals surface area (Å²) in [7, 11) is 0. The number of fused-ring (bicyclic) bond motifs is 1. The van der Waals surface area contributed by atoms with Gasteiger partial charge in [-0.25, -0.2) is 4.79 Å². The van der Waals surface area contributed by atoms with E-state index in [1.54, 1.807) is 0 Å². The molecular formula is C31H54N4O14S. The van der Waals surface area contributed by atoms with Crippen molar-refractivity contribution in [1.29, 1.82) is 0 Å². The van der Waals surface area contributed by atoms with Gasteiger partial charge in [-0.1, -0.05) is 12.8 Å². The minimum Gasteiger partial charge on any atom is -0.394 e. The number of urea groups is 1. The first-order valence-electron chi connectivity index (χ1n) is 17.5.